The van der Waals surface area contributed by atoms with Crippen LogP contribution < -0.4 is 11.1 Å². The number of aromatic nitrogens is 1. The lowest BCUT2D eigenvalue weighted by atomic mass is 10.0. The number of rotatable bonds is 3. The zero-order valence-corrected chi connectivity index (χ0v) is 18.3. The Bertz CT molecular complexity index is 947. The van der Waals surface area contributed by atoms with E-state index in [0.717, 1.165) is 16.6 Å². The van der Waals surface area contributed by atoms with E-state index in [-0.39, 0.29) is 11.8 Å². The number of carbonyl (C=O) groups is 2. The van der Waals surface area contributed by atoms with Gasteiger partial charge in [0.05, 0.1) is 0 Å². The maximum Gasteiger partial charge on any atom is 0.251 e. The first-order valence-electron chi connectivity index (χ1n) is 10.6. The molecule has 30 heavy (non-hydrogen) atoms. The van der Waals surface area contributed by atoms with Gasteiger partial charge in [0.25, 0.3) is 5.91 Å². The number of aromatic amines is 1. The lowest BCUT2D eigenvalue weighted by Crippen LogP contribution is -2.17. The largest absolute Gasteiger partial charge is 0.370 e. The Morgan fingerprint density at radius 2 is 1.50 bits per heavy atom. The van der Waals surface area contributed by atoms with Crippen LogP contribution in [-0.4, -0.2) is 23.8 Å². The Morgan fingerprint density at radius 1 is 0.967 bits per heavy atom. The summed E-state index contributed by atoms with van der Waals surface area (Å²) in [5, 5.41) is 3.86. The number of nitrogens with one attached hydrogen (secondary N) is 2. The summed E-state index contributed by atoms with van der Waals surface area (Å²) in [5.74, 6) is -0.307. The summed E-state index contributed by atoms with van der Waals surface area (Å²) >= 11 is 0. The molecular formula is C25H33N3O2. The number of hydrogen-bond acceptors (Lipinski definition) is 2. The van der Waals surface area contributed by atoms with Crippen molar-refractivity contribution in [2.24, 2.45) is 5.73 Å². The van der Waals surface area contributed by atoms with Crippen LogP contribution in [-0.2, 0) is 4.79 Å². The van der Waals surface area contributed by atoms with Crippen LogP contribution in [0.15, 0.2) is 48.7 Å². The van der Waals surface area contributed by atoms with Crippen LogP contribution in [0.3, 0.4) is 0 Å². The summed E-state index contributed by atoms with van der Waals surface area (Å²) in [4.78, 5) is 24.4. The Morgan fingerprint density at radius 3 is 2.00 bits per heavy atom. The van der Waals surface area contributed by atoms with E-state index in [9.17, 15) is 9.59 Å². The topological polar surface area (TPSA) is 88.0 Å². The predicted octanol–water partition coefficient (Wildman–Crippen LogP) is 5.34. The number of amides is 2. The molecule has 0 unspecified atom stereocenters. The highest BCUT2D eigenvalue weighted by molar-refractivity contribution is 5.94. The van der Waals surface area contributed by atoms with Crippen molar-refractivity contribution < 1.29 is 9.59 Å². The highest BCUT2D eigenvalue weighted by Gasteiger charge is 2.05. The van der Waals surface area contributed by atoms with Crippen molar-refractivity contribution in [1.82, 2.24) is 10.3 Å². The van der Waals surface area contributed by atoms with Crippen LogP contribution in [0.5, 0.6) is 0 Å². The number of aryl methyl sites for hydroxylation is 1. The Hall–Kier alpha value is -3.08. The van der Waals surface area contributed by atoms with E-state index >= 15 is 0 Å². The van der Waals surface area contributed by atoms with E-state index in [2.05, 4.69) is 41.2 Å². The molecule has 5 heteroatoms. The quantitative estimate of drug-likeness (QED) is 0.547. The van der Waals surface area contributed by atoms with Gasteiger partial charge in [-0.15, -0.1) is 0 Å². The molecule has 3 aromatic rings. The highest BCUT2D eigenvalue weighted by atomic mass is 16.1. The molecular weight excluding hydrogens is 374 g/mol. The number of primary amides is 1. The molecule has 0 aliphatic heterocycles. The van der Waals surface area contributed by atoms with E-state index in [0.29, 0.717) is 12.0 Å². The third-order valence-corrected chi connectivity index (χ3v) is 5.19. The first-order valence-corrected chi connectivity index (χ1v) is 10.6. The molecule has 5 nitrogen and oxygen atoms in total. The summed E-state index contributed by atoms with van der Waals surface area (Å²) < 4.78 is 0. The van der Waals surface area contributed by atoms with Gasteiger partial charge in [-0.1, -0.05) is 57.2 Å². The van der Waals surface area contributed by atoms with Gasteiger partial charge < -0.3 is 16.0 Å². The van der Waals surface area contributed by atoms with Crippen molar-refractivity contribution in [1.29, 1.82) is 0 Å². The van der Waals surface area contributed by atoms with Gasteiger partial charge >= 0.3 is 0 Å². The smallest absolute Gasteiger partial charge is 0.251 e. The predicted molar refractivity (Wildman–Crippen MR) is 124 cm³/mol. The average Bonchev–Trinajstić information content (AvgIpc) is 3.47. The maximum absolute atomic E-state index is 11.5. The minimum Gasteiger partial charge on any atom is -0.370 e. The Labute approximate surface area is 179 Å². The van der Waals surface area contributed by atoms with E-state index in [1.807, 2.05) is 30.5 Å². The van der Waals surface area contributed by atoms with Gasteiger partial charge in [-0.2, -0.15) is 0 Å². The zero-order chi connectivity index (χ0) is 21.9. The van der Waals surface area contributed by atoms with Gasteiger partial charge in [0.1, 0.15) is 0 Å². The second-order valence-electron chi connectivity index (χ2n) is 7.48. The summed E-state index contributed by atoms with van der Waals surface area (Å²) in [6.07, 6.45) is 9.96. The van der Waals surface area contributed by atoms with Crippen LogP contribution >= 0.6 is 0 Å². The van der Waals surface area contributed by atoms with Crippen molar-refractivity contribution in [3.8, 4) is 11.1 Å². The standard InChI is InChI=1S/C17H16N2O.C5H10.C3H7NO/c1-11-10-19-16-8-7-14(9-15(11)16)12-3-5-13(6-4-12)17(20)18-2;1-2-4-5-3-1;1-2-3(4)5/h3-10,19H,1-2H3,(H,18,20);1-5H2;2H2,1H3,(H2,4,5). The molecule has 1 aromatic heterocycles. The molecule has 2 amide bonds. The molecule has 1 saturated carbocycles. The molecule has 160 valence electrons. The van der Waals surface area contributed by atoms with Gasteiger partial charge in [-0.3, -0.25) is 9.59 Å². The van der Waals surface area contributed by atoms with Gasteiger partial charge in [0.15, 0.2) is 0 Å². The molecule has 1 aliphatic carbocycles. The number of nitrogens with two attached hydrogens (primary N) is 1. The number of benzene rings is 2. The van der Waals surface area contributed by atoms with Gasteiger partial charge in [-0.05, 0) is 47.9 Å². The van der Waals surface area contributed by atoms with Crippen LogP contribution in [0.2, 0.25) is 0 Å². The number of fused-ring (bicyclic) bond motifs is 1. The van der Waals surface area contributed by atoms with Crippen LogP contribution in [0.25, 0.3) is 22.0 Å². The van der Waals surface area contributed by atoms with E-state index in [1.54, 1.807) is 14.0 Å². The molecule has 1 fully saturated rings. The SMILES string of the molecule is C1CCCC1.CCC(N)=O.CNC(=O)c1ccc(-c2ccc3[nH]cc(C)c3c2)cc1. The lowest BCUT2D eigenvalue weighted by Gasteiger charge is -2.04. The van der Waals surface area contributed by atoms with Crippen molar-refractivity contribution in [2.45, 2.75) is 52.4 Å². The molecule has 0 radical (unpaired) electrons. The average molecular weight is 408 g/mol. The molecule has 0 spiro atoms. The number of hydrogen-bond donors (Lipinski definition) is 3. The Balaban J connectivity index is 0.000000265. The first-order chi connectivity index (χ1) is 14.5. The monoisotopic (exact) mass is 407 g/mol. The van der Waals surface area contributed by atoms with E-state index in [1.165, 1.54) is 43.1 Å². The summed E-state index contributed by atoms with van der Waals surface area (Å²) in [6.45, 7) is 3.82. The highest BCUT2D eigenvalue weighted by Crippen LogP contribution is 2.26. The van der Waals surface area contributed by atoms with Crippen LogP contribution in [0, 0.1) is 6.92 Å². The second-order valence-corrected chi connectivity index (χ2v) is 7.48. The third-order valence-electron chi connectivity index (χ3n) is 5.19. The van der Waals surface area contributed by atoms with Crippen molar-refractivity contribution >= 4 is 22.7 Å². The molecule has 0 saturated heterocycles. The van der Waals surface area contributed by atoms with Crippen molar-refractivity contribution in [3.05, 3.63) is 59.8 Å². The van der Waals surface area contributed by atoms with Gasteiger partial charge in [0, 0.05) is 36.1 Å². The third kappa shape index (κ3) is 6.76. The Kier molecular flexibility index (Phi) is 9.13. The normalized spacial score (nSPS) is 12.4. The molecule has 0 atom stereocenters. The van der Waals surface area contributed by atoms with Gasteiger partial charge in [-0.25, -0.2) is 0 Å². The minimum atomic E-state index is -0.245. The molecule has 4 rings (SSSR count). The van der Waals surface area contributed by atoms with Crippen LogP contribution in [0.4, 0.5) is 0 Å². The first kappa shape index (κ1) is 23.2. The fourth-order valence-corrected chi connectivity index (χ4v) is 3.28. The second kappa shape index (κ2) is 11.8. The molecule has 1 heterocycles. The van der Waals surface area contributed by atoms with Crippen molar-refractivity contribution in [3.63, 3.8) is 0 Å². The molecule has 4 N–H and O–H groups in total. The minimum absolute atomic E-state index is 0.0616. The number of H-pyrrole nitrogens is 1. The van der Waals surface area contributed by atoms with Crippen LogP contribution in [0.1, 0.15) is 61.4 Å². The fraction of sp³-hybridized carbons (Fsp3) is 0.360. The molecule has 0 bridgehead atoms. The molecule has 2 aromatic carbocycles. The lowest BCUT2D eigenvalue weighted by molar-refractivity contribution is -0.117. The van der Waals surface area contributed by atoms with Crippen molar-refractivity contribution in [2.75, 3.05) is 7.05 Å². The van der Waals surface area contributed by atoms with E-state index in [4.69, 9.17) is 0 Å². The summed E-state index contributed by atoms with van der Waals surface area (Å²) in [7, 11) is 1.64. The molecule has 1 aliphatic rings. The van der Waals surface area contributed by atoms with E-state index < -0.39 is 0 Å². The fourth-order valence-electron chi connectivity index (χ4n) is 3.28. The maximum atomic E-state index is 11.5. The number of carbonyl (C=O) groups excluding carboxylic acids is 2. The summed E-state index contributed by atoms with van der Waals surface area (Å²) in [6, 6.07) is 14.0. The summed E-state index contributed by atoms with van der Waals surface area (Å²) in [5.41, 5.74) is 9.98. The zero-order valence-electron chi connectivity index (χ0n) is 18.3. The van der Waals surface area contributed by atoms with Gasteiger partial charge in [0.2, 0.25) is 5.91 Å².